The number of amides is 4. The topological polar surface area (TPSA) is 244 Å². The van der Waals surface area contributed by atoms with Crippen LogP contribution in [0.15, 0.2) is 158 Å². The van der Waals surface area contributed by atoms with Crippen molar-refractivity contribution in [3.8, 4) is 0 Å². The molecule has 0 saturated carbocycles. The van der Waals surface area contributed by atoms with Gasteiger partial charge in [0.15, 0.2) is 0 Å². The SMILES string of the molecule is C=C(NCCCOCCOCCOC)[C@H](CCCCNC(=O)CCC(=O)N(CCOC(=O)CCCCCCC/C=C\C/C=C\C/C=C\CC)CCOC(=O)CCCCCCC/C=C\C/C=C\C/C=C\CC)NC(=O)CCC(=O)N(CCOC(=O)CCCCCCC/C=C\C/C=C\C/C=C\CC)CCOC(=O)CCCCCCC/C=C\C/C=C\C/C=C\CC. The maximum atomic E-state index is 14.0. The zero-order valence-electron chi connectivity index (χ0n) is 77.7. The molecule has 4 amide bonds. The minimum Gasteiger partial charge on any atom is -0.464 e. The lowest BCUT2D eigenvalue weighted by atomic mass is 10.1. The van der Waals surface area contributed by atoms with Gasteiger partial charge in [-0.2, -0.15) is 0 Å². The minimum atomic E-state index is -0.542. The molecule has 0 heterocycles. The molecule has 20 heteroatoms. The van der Waals surface area contributed by atoms with E-state index in [-0.39, 0.29) is 151 Å². The summed E-state index contributed by atoms with van der Waals surface area (Å²) in [6.07, 6.45) is 91.0. The highest BCUT2D eigenvalue weighted by Gasteiger charge is 2.22. The Morgan fingerprint density at radius 3 is 0.902 bits per heavy atom. The third-order valence-electron chi connectivity index (χ3n) is 20.1. The van der Waals surface area contributed by atoms with Gasteiger partial charge in [-0.25, -0.2) is 0 Å². The van der Waals surface area contributed by atoms with Crippen molar-refractivity contribution in [2.75, 3.05) is 106 Å². The van der Waals surface area contributed by atoms with Crippen LogP contribution in [0.25, 0.3) is 0 Å². The van der Waals surface area contributed by atoms with Gasteiger partial charge in [-0.3, -0.25) is 38.4 Å². The van der Waals surface area contributed by atoms with Crippen molar-refractivity contribution >= 4 is 47.5 Å². The number of carbonyl (C=O) groups excluding carboxylic acids is 8. The van der Waals surface area contributed by atoms with Crippen molar-refractivity contribution in [2.45, 2.75) is 342 Å². The number of esters is 4. The lowest BCUT2D eigenvalue weighted by molar-refractivity contribution is -0.148. The second-order valence-electron chi connectivity index (χ2n) is 31.0. The summed E-state index contributed by atoms with van der Waals surface area (Å²) in [5.41, 5.74) is 0.572. The van der Waals surface area contributed by atoms with Crippen LogP contribution in [0.3, 0.4) is 0 Å². The van der Waals surface area contributed by atoms with Crippen LogP contribution < -0.4 is 16.0 Å². The lowest BCUT2D eigenvalue weighted by Gasteiger charge is -2.24. The van der Waals surface area contributed by atoms with Gasteiger partial charge in [0, 0.05) is 83.9 Å². The molecule has 123 heavy (non-hydrogen) atoms. The predicted octanol–water partition coefficient (Wildman–Crippen LogP) is 22.7. The molecular formula is C103H171N5O15. The molecule has 0 unspecified atom stereocenters. The maximum absolute atomic E-state index is 14.0. The van der Waals surface area contributed by atoms with Crippen LogP contribution in [0.4, 0.5) is 0 Å². The number of allylic oxidation sites excluding steroid dienone is 24. The molecule has 0 aromatic rings. The van der Waals surface area contributed by atoms with Gasteiger partial charge in [0.25, 0.3) is 0 Å². The molecule has 0 bridgehead atoms. The third-order valence-corrected chi connectivity index (χ3v) is 20.1. The Kier molecular flexibility index (Phi) is 87.2. The van der Waals surface area contributed by atoms with E-state index in [1.165, 1.54) is 9.80 Å². The van der Waals surface area contributed by atoms with Crippen LogP contribution in [0.5, 0.6) is 0 Å². The summed E-state index contributed by atoms with van der Waals surface area (Å²) < 4.78 is 38.8. The summed E-state index contributed by atoms with van der Waals surface area (Å²) in [4.78, 5) is 110. The smallest absolute Gasteiger partial charge is 0.305 e. The van der Waals surface area contributed by atoms with Crippen LogP contribution in [0.1, 0.15) is 336 Å². The van der Waals surface area contributed by atoms with E-state index in [0.717, 1.165) is 205 Å². The first-order valence-electron chi connectivity index (χ1n) is 47.9. The monoisotopic (exact) mass is 1720 g/mol. The molecule has 0 radical (unpaired) electrons. The predicted molar refractivity (Wildman–Crippen MR) is 507 cm³/mol. The Hall–Kier alpha value is -7.94. The largest absolute Gasteiger partial charge is 0.464 e. The zero-order chi connectivity index (χ0) is 89.5. The molecular weight excluding hydrogens is 1550 g/mol. The summed E-state index contributed by atoms with van der Waals surface area (Å²) in [5.74, 6) is -2.72. The van der Waals surface area contributed by atoms with Gasteiger partial charge in [-0.05, 0) is 180 Å². The molecule has 0 saturated heterocycles. The number of nitrogens with zero attached hydrogens (tertiary/aromatic N) is 2. The van der Waals surface area contributed by atoms with E-state index in [9.17, 15) is 38.4 Å². The highest BCUT2D eigenvalue weighted by Crippen LogP contribution is 2.16. The Balaban J connectivity index is 5.86. The quantitative estimate of drug-likeness (QED) is 0.0222. The van der Waals surface area contributed by atoms with E-state index in [0.29, 0.717) is 103 Å². The van der Waals surface area contributed by atoms with E-state index < -0.39 is 6.04 Å². The van der Waals surface area contributed by atoms with Crippen LogP contribution >= 0.6 is 0 Å². The molecule has 0 rings (SSSR count). The fourth-order valence-corrected chi connectivity index (χ4v) is 12.8. The van der Waals surface area contributed by atoms with Gasteiger partial charge in [0.1, 0.15) is 26.4 Å². The Morgan fingerprint density at radius 2 is 0.569 bits per heavy atom. The first-order chi connectivity index (χ1) is 60.3. The van der Waals surface area contributed by atoms with Crippen molar-refractivity contribution in [1.82, 2.24) is 25.8 Å². The zero-order valence-corrected chi connectivity index (χ0v) is 77.7. The Bertz CT molecular complexity index is 2860. The van der Waals surface area contributed by atoms with Crippen LogP contribution in [-0.4, -0.2) is 169 Å². The number of rotatable bonds is 88. The van der Waals surface area contributed by atoms with Crippen LogP contribution in [0, 0.1) is 0 Å². The van der Waals surface area contributed by atoms with Gasteiger partial charge in [0.2, 0.25) is 23.6 Å². The fraction of sp³-hybridized carbons (Fsp3) is 0.670. The average molecular weight is 1720 g/mol. The number of methoxy groups -OCH3 is 1. The summed E-state index contributed by atoms with van der Waals surface area (Å²) >= 11 is 0. The Morgan fingerprint density at radius 1 is 0.285 bits per heavy atom. The van der Waals surface area contributed by atoms with Crippen molar-refractivity contribution in [1.29, 1.82) is 0 Å². The molecule has 0 fully saturated rings. The minimum absolute atomic E-state index is 0.0279. The van der Waals surface area contributed by atoms with Crippen molar-refractivity contribution in [3.63, 3.8) is 0 Å². The number of carbonyl (C=O) groups is 8. The fourth-order valence-electron chi connectivity index (χ4n) is 12.8. The number of ether oxygens (including phenoxy) is 7. The molecule has 0 aliphatic rings. The van der Waals surface area contributed by atoms with Gasteiger partial charge in [-0.15, -0.1) is 0 Å². The van der Waals surface area contributed by atoms with Gasteiger partial charge in [0.05, 0.1) is 58.6 Å². The lowest BCUT2D eigenvalue weighted by Crippen LogP contribution is -2.41. The van der Waals surface area contributed by atoms with Crippen molar-refractivity contribution in [2.24, 2.45) is 0 Å². The molecule has 20 nitrogen and oxygen atoms in total. The number of unbranched alkanes of at least 4 members (excludes halogenated alkanes) is 21. The molecule has 0 aromatic carbocycles. The normalized spacial score (nSPS) is 12.3. The van der Waals surface area contributed by atoms with Gasteiger partial charge in [-0.1, -0.05) is 257 Å². The first kappa shape index (κ1) is 115. The number of hydrogen-bond donors (Lipinski definition) is 3. The molecule has 0 aliphatic heterocycles. The van der Waals surface area contributed by atoms with Crippen molar-refractivity contribution in [3.05, 3.63) is 158 Å². The maximum Gasteiger partial charge on any atom is 0.305 e. The molecule has 0 aromatic heterocycles. The molecule has 3 N–H and O–H groups in total. The van der Waals surface area contributed by atoms with Gasteiger partial charge < -0.3 is 58.9 Å². The summed E-state index contributed by atoms with van der Waals surface area (Å²) in [5, 5.41) is 9.37. The molecule has 698 valence electrons. The summed E-state index contributed by atoms with van der Waals surface area (Å²) in [7, 11) is 1.62. The third kappa shape index (κ3) is 84.7. The number of nitrogens with one attached hydrogen (secondary N) is 3. The van der Waals surface area contributed by atoms with Gasteiger partial charge >= 0.3 is 23.9 Å². The molecule has 1 atom stereocenters. The summed E-state index contributed by atoms with van der Waals surface area (Å²) in [6.45, 7) is 16.1. The number of hydrogen-bond acceptors (Lipinski definition) is 16. The van der Waals surface area contributed by atoms with Crippen LogP contribution in [0.2, 0.25) is 0 Å². The Labute approximate surface area is 746 Å². The van der Waals surface area contributed by atoms with E-state index in [1.54, 1.807) is 7.11 Å². The summed E-state index contributed by atoms with van der Waals surface area (Å²) in [6, 6.07) is -0.542. The highest BCUT2D eigenvalue weighted by atomic mass is 16.6. The molecule has 0 spiro atoms. The van der Waals surface area contributed by atoms with E-state index in [1.807, 2.05) is 0 Å². The second-order valence-corrected chi connectivity index (χ2v) is 31.0. The molecule has 0 aliphatic carbocycles. The van der Waals surface area contributed by atoms with E-state index in [4.69, 9.17) is 33.2 Å². The average Bonchev–Trinajstić information content (AvgIpc) is 0.914. The first-order valence-corrected chi connectivity index (χ1v) is 47.9. The van der Waals surface area contributed by atoms with Crippen LogP contribution in [-0.2, 0) is 71.5 Å². The van der Waals surface area contributed by atoms with E-state index in [2.05, 4.69) is 196 Å². The second kappa shape index (κ2) is 93.2. The highest BCUT2D eigenvalue weighted by molar-refractivity contribution is 5.85. The van der Waals surface area contributed by atoms with Crippen molar-refractivity contribution < 1.29 is 71.5 Å². The standard InChI is InChI=1S/C103H171N5O15/c1-7-11-15-19-23-27-31-35-39-43-47-51-55-59-63-71-100(113)120-86-81-107(82-87-121-101(114)72-64-60-56-52-48-44-40-36-32-28-24-20-16-12-8-2)98(111)77-75-96(109)105-79-68-67-70-95(94(5)104-80-69-85-118-92-93-119-91-90-117-6)106-97(110)76-78-99(112)108(83-88-122-102(115)73-65-61-57-53-49-45-41-37-33-29-25-21-17-13-9-3)84-89-123-103(116)74-66-62-58-54-50-46-42-38-34-30-26-22-18-14-10-4/h11-18,23-30,35-42,95,104H,5,7-10,19-22,31-34,43-93H2,1-4,6H3,(H,105,109)(H,106,110)/b15-11-,16-12-,17-13-,18-14-,27-23-,28-24-,29-25-,30-26-,39-35-,40-36-,41-37-,42-38-/t95-/m0/s1. The van der Waals surface area contributed by atoms with E-state index >= 15 is 0 Å².